The summed E-state index contributed by atoms with van der Waals surface area (Å²) in [5, 5.41) is 4.46. The number of hydrogen-bond acceptors (Lipinski definition) is 4. The van der Waals surface area contributed by atoms with E-state index in [1.165, 1.54) is 35.3 Å². The van der Waals surface area contributed by atoms with E-state index in [9.17, 15) is 0 Å². The maximum atomic E-state index is 5.94. The largest absolute Gasteiger partial charge is 0.486 e. The lowest BCUT2D eigenvalue weighted by Crippen LogP contribution is -2.21. The van der Waals surface area contributed by atoms with Gasteiger partial charge in [0.15, 0.2) is 0 Å². The topological polar surface area (TPSA) is 34.1 Å². The van der Waals surface area contributed by atoms with Crippen molar-refractivity contribution >= 4 is 11.3 Å². The molecule has 0 radical (unpaired) electrons. The first-order valence-corrected chi connectivity index (χ1v) is 8.35. The number of aryl methyl sites for hydroxylation is 3. The second kappa shape index (κ2) is 6.16. The number of nitrogens with zero attached hydrogens (tertiary/aromatic N) is 1. The van der Waals surface area contributed by atoms with E-state index in [2.05, 4.69) is 35.4 Å². The maximum Gasteiger partial charge on any atom is 0.140 e. The van der Waals surface area contributed by atoms with Gasteiger partial charge in [0.05, 0.1) is 5.69 Å². The molecule has 3 nitrogen and oxygen atoms in total. The number of hydrogen-bond donors (Lipinski definition) is 1. The minimum atomic E-state index is 0.460. The molecule has 0 amide bonds. The minimum absolute atomic E-state index is 0.460. The molecule has 112 valence electrons. The van der Waals surface area contributed by atoms with Crippen molar-refractivity contribution in [1.29, 1.82) is 0 Å². The number of aromatic nitrogens is 1. The molecule has 0 aliphatic heterocycles. The molecule has 1 aliphatic carbocycles. The lowest BCUT2D eigenvalue weighted by Gasteiger charge is -2.25. The third kappa shape index (κ3) is 3.11. The van der Waals surface area contributed by atoms with Gasteiger partial charge in [-0.15, -0.1) is 11.3 Å². The molecule has 0 spiro atoms. The van der Waals surface area contributed by atoms with Crippen LogP contribution in [0.2, 0.25) is 0 Å². The lowest BCUT2D eigenvalue weighted by molar-refractivity contribution is 0.304. The normalized spacial score (nSPS) is 17.6. The van der Waals surface area contributed by atoms with Crippen LogP contribution in [0.3, 0.4) is 0 Å². The van der Waals surface area contributed by atoms with Crippen LogP contribution >= 0.6 is 11.3 Å². The Labute approximate surface area is 130 Å². The van der Waals surface area contributed by atoms with Gasteiger partial charge in [-0.05, 0) is 63.4 Å². The highest BCUT2D eigenvalue weighted by atomic mass is 32.1. The van der Waals surface area contributed by atoms with Gasteiger partial charge in [0.25, 0.3) is 0 Å². The molecule has 1 atom stereocenters. The number of nitrogens with one attached hydrogen (secondary N) is 1. The van der Waals surface area contributed by atoms with E-state index >= 15 is 0 Å². The Morgan fingerprint density at radius 2 is 2.24 bits per heavy atom. The average Bonchev–Trinajstić information content (AvgIpc) is 2.83. The monoisotopic (exact) mass is 302 g/mol. The summed E-state index contributed by atoms with van der Waals surface area (Å²) >= 11 is 1.72. The fraction of sp³-hybridized carbons (Fsp3) is 0.471. The molecule has 2 aromatic rings. The van der Waals surface area contributed by atoms with Crippen LogP contribution < -0.4 is 10.1 Å². The van der Waals surface area contributed by atoms with Gasteiger partial charge < -0.3 is 10.1 Å². The molecule has 1 aromatic carbocycles. The van der Waals surface area contributed by atoms with E-state index in [0.717, 1.165) is 16.5 Å². The summed E-state index contributed by atoms with van der Waals surface area (Å²) < 4.78 is 5.94. The smallest absolute Gasteiger partial charge is 0.140 e. The zero-order chi connectivity index (χ0) is 14.8. The predicted octanol–water partition coefficient (Wildman–Crippen LogP) is 3.94. The van der Waals surface area contributed by atoms with Crippen LogP contribution in [-0.4, -0.2) is 12.0 Å². The Morgan fingerprint density at radius 3 is 2.95 bits per heavy atom. The van der Waals surface area contributed by atoms with Crippen molar-refractivity contribution < 1.29 is 4.74 Å². The summed E-state index contributed by atoms with van der Waals surface area (Å²) in [5.41, 5.74) is 3.96. The van der Waals surface area contributed by atoms with Crippen LogP contribution in [0.25, 0.3) is 0 Å². The molecule has 4 heteroatoms. The summed E-state index contributed by atoms with van der Waals surface area (Å²) in [4.78, 5) is 5.80. The fourth-order valence-corrected chi connectivity index (χ4v) is 3.76. The van der Waals surface area contributed by atoms with E-state index in [1.807, 2.05) is 14.0 Å². The highest BCUT2D eigenvalue weighted by molar-refractivity contribution is 7.11. The van der Waals surface area contributed by atoms with Crippen molar-refractivity contribution in [2.75, 3.05) is 7.05 Å². The van der Waals surface area contributed by atoms with Crippen molar-refractivity contribution in [2.45, 2.75) is 45.8 Å². The molecule has 0 fully saturated rings. The molecule has 3 rings (SSSR count). The first kappa shape index (κ1) is 14.5. The van der Waals surface area contributed by atoms with Gasteiger partial charge in [-0.2, -0.15) is 0 Å². The van der Waals surface area contributed by atoms with Crippen LogP contribution in [0, 0.1) is 13.8 Å². The van der Waals surface area contributed by atoms with Crippen molar-refractivity contribution in [3.63, 3.8) is 0 Å². The Kier molecular flexibility index (Phi) is 4.27. The first-order valence-electron chi connectivity index (χ1n) is 7.53. The van der Waals surface area contributed by atoms with E-state index in [1.54, 1.807) is 11.3 Å². The molecule has 21 heavy (non-hydrogen) atoms. The first-order chi connectivity index (χ1) is 10.2. The van der Waals surface area contributed by atoms with Gasteiger partial charge in [0.2, 0.25) is 0 Å². The average molecular weight is 302 g/mol. The Hall–Kier alpha value is -1.39. The SMILES string of the molecule is CNC1CCCc2ccc(OCc3nc(C)c(C)s3)cc21. The van der Waals surface area contributed by atoms with Gasteiger partial charge in [0.1, 0.15) is 17.4 Å². The van der Waals surface area contributed by atoms with Gasteiger partial charge in [0, 0.05) is 10.9 Å². The highest BCUT2D eigenvalue weighted by Crippen LogP contribution is 2.32. The van der Waals surface area contributed by atoms with Crippen molar-refractivity contribution in [2.24, 2.45) is 0 Å². The number of thiazole rings is 1. The van der Waals surface area contributed by atoms with Crippen molar-refractivity contribution in [1.82, 2.24) is 10.3 Å². The van der Waals surface area contributed by atoms with E-state index < -0.39 is 0 Å². The molecule has 1 aliphatic rings. The molecule has 1 aromatic heterocycles. The van der Waals surface area contributed by atoms with Gasteiger partial charge >= 0.3 is 0 Å². The summed E-state index contributed by atoms with van der Waals surface area (Å²) in [6.45, 7) is 4.71. The zero-order valence-corrected chi connectivity index (χ0v) is 13.7. The Morgan fingerprint density at radius 1 is 1.38 bits per heavy atom. The van der Waals surface area contributed by atoms with Crippen LogP contribution in [0.1, 0.15) is 45.6 Å². The van der Waals surface area contributed by atoms with E-state index in [0.29, 0.717) is 12.6 Å². The van der Waals surface area contributed by atoms with Crippen LogP contribution in [0.5, 0.6) is 5.75 Å². The molecule has 0 bridgehead atoms. The molecule has 1 heterocycles. The van der Waals surface area contributed by atoms with Gasteiger partial charge in [-0.3, -0.25) is 0 Å². The Bertz CT molecular complexity index is 616. The predicted molar refractivity (Wildman–Crippen MR) is 87.1 cm³/mol. The van der Waals surface area contributed by atoms with E-state index in [-0.39, 0.29) is 0 Å². The van der Waals surface area contributed by atoms with E-state index in [4.69, 9.17) is 4.74 Å². The maximum absolute atomic E-state index is 5.94. The second-order valence-electron chi connectivity index (χ2n) is 5.63. The molecular weight excluding hydrogens is 280 g/mol. The number of benzene rings is 1. The second-order valence-corrected chi connectivity index (χ2v) is 6.92. The highest BCUT2D eigenvalue weighted by Gasteiger charge is 2.19. The lowest BCUT2D eigenvalue weighted by atomic mass is 9.87. The number of rotatable bonds is 4. The Balaban J connectivity index is 1.74. The van der Waals surface area contributed by atoms with Gasteiger partial charge in [-0.1, -0.05) is 6.07 Å². The number of ether oxygens (including phenoxy) is 1. The van der Waals surface area contributed by atoms with Crippen LogP contribution in [0.4, 0.5) is 0 Å². The molecule has 0 saturated carbocycles. The minimum Gasteiger partial charge on any atom is -0.486 e. The molecule has 1 unspecified atom stereocenters. The van der Waals surface area contributed by atoms with Crippen molar-refractivity contribution in [3.8, 4) is 5.75 Å². The molecule has 1 N–H and O–H groups in total. The molecular formula is C17H22N2OS. The molecule has 0 saturated heterocycles. The zero-order valence-electron chi connectivity index (χ0n) is 12.9. The quantitative estimate of drug-likeness (QED) is 0.929. The standard InChI is InChI=1S/C17H22N2OS/c1-11-12(2)21-17(19-11)10-20-14-8-7-13-5-4-6-16(18-3)15(13)9-14/h7-9,16,18H,4-6,10H2,1-3H3. The fourth-order valence-electron chi connectivity index (χ4n) is 2.91. The summed E-state index contributed by atoms with van der Waals surface area (Å²) in [6.07, 6.45) is 3.65. The van der Waals surface area contributed by atoms with Crippen LogP contribution in [-0.2, 0) is 13.0 Å². The number of fused-ring (bicyclic) bond motifs is 1. The van der Waals surface area contributed by atoms with Crippen molar-refractivity contribution in [3.05, 3.63) is 44.9 Å². The van der Waals surface area contributed by atoms with Crippen LogP contribution in [0.15, 0.2) is 18.2 Å². The van der Waals surface area contributed by atoms with Gasteiger partial charge in [-0.25, -0.2) is 4.98 Å². The summed E-state index contributed by atoms with van der Waals surface area (Å²) in [6, 6.07) is 6.96. The third-order valence-electron chi connectivity index (χ3n) is 4.22. The third-order valence-corrected chi connectivity index (χ3v) is 5.26. The summed E-state index contributed by atoms with van der Waals surface area (Å²) in [5.74, 6) is 0.946. The summed E-state index contributed by atoms with van der Waals surface area (Å²) in [7, 11) is 2.04.